The van der Waals surface area contributed by atoms with E-state index in [0.29, 0.717) is 0 Å². The molecule has 0 bridgehead atoms. The van der Waals surface area contributed by atoms with Gasteiger partial charge in [0.1, 0.15) is 0 Å². The van der Waals surface area contributed by atoms with Crippen LogP contribution in [-0.2, 0) is 12.8 Å². The number of unbranched alkanes of at least 4 members (excludes halogenated alkanes) is 3. The normalized spacial score (nSPS) is 14.0. The van der Waals surface area contributed by atoms with Crippen molar-refractivity contribution in [3.05, 3.63) is 100 Å². The number of hydrogen-bond donors (Lipinski definition) is 0. The van der Waals surface area contributed by atoms with Crippen molar-refractivity contribution in [2.24, 2.45) is 0 Å². The van der Waals surface area contributed by atoms with E-state index >= 15 is 0 Å². The molecule has 0 atom stereocenters. The van der Waals surface area contributed by atoms with E-state index in [9.17, 15) is 5.53 Å². The number of benzene rings is 2. The summed E-state index contributed by atoms with van der Waals surface area (Å²) in [7, 11) is 0. The standard InChI is InChI=1S/C30H38N2/c1-4-7-9-10-12-17-25-18-13-14-21-28(25)29-23-27(19-11-8-5-2)30(32(29)31)26-20-15-16-24(6-3)22-26/h9-10,13-16,18,20-23H,4-8,11-12,17,19H2,1-3H3. The molecule has 0 fully saturated rings. The molecule has 0 unspecified atom stereocenters. The lowest BCUT2D eigenvalue weighted by Gasteiger charge is -2.13. The molecule has 0 saturated heterocycles. The maximum atomic E-state index is 11.4. The Kier molecular flexibility index (Phi) is 9.22. The molecule has 2 heteroatoms. The average Bonchev–Trinajstić information content (AvgIpc) is 3.15. The molecule has 0 saturated carbocycles. The zero-order chi connectivity index (χ0) is 22.8. The van der Waals surface area contributed by atoms with Gasteiger partial charge in [-0.05, 0) is 67.9 Å². The van der Waals surface area contributed by atoms with Gasteiger partial charge in [0, 0.05) is 22.8 Å². The van der Waals surface area contributed by atoms with Gasteiger partial charge in [0.05, 0.1) is 0 Å². The van der Waals surface area contributed by atoms with Crippen LogP contribution in [0.3, 0.4) is 0 Å². The van der Waals surface area contributed by atoms with Crippen LogP contribution >= 0.6 is 0 Å². The van der Waals surface area contributed by atoms with Crippen LogP contribution in [0.25, 0.3) is 16.9 Å². The lowest BCUT2D eigenvalue weighted by molar-refractivity contribution is -0.344. The van der Waals surface area contributed by atoms with Gasteiger partial charge in [-0.1, -0.05) is 82.5 Å². The molecule has 2 aromatic rings. The molecule has 32 heavy (non-hydrogen) atoms. The summed E-state index contributed by atoms with van der Waals surface area (Å²) in [5.74, 6) is 0. The van der Waals surface area contributed by atoms with Crippen molar-refractivity contribution in [1.82, 2.24) is 0 Å². The Balaban J connectivity index is 1.92. The van der Waals surface area contributed by atoms with Gasteiger partial charge in [-0.15, -0.1) is 0 Å². The number of rotatable bonds is 12. The highest BCUT2D eigenvalue weighted by Gasteiger charge is 2.29. The van der Waals surface area contributed by atoms with Gasteiger partial charge in [0.15, 0.2) is 0 Å². The van der Waals surface area contributed by atoms with E-state index in [1.807, 2.05) is 0 Å². The van der Waals surface area contributed by atoms with Crippen molar-refractivity contribution in [1.29, 1.82) is 0 Å². The highest BCUT2D eigenvalue weighted by Crippen LogP contribution is 2.38. The summed E-state index contributed by atoms with van der Waals surface area (Å²) in [4.78, 5) is 0. The largest absolute Gasteiger partial charge is 0.493 e. The second kappa shape index (κ2) is 12.3. The Labute approximate surface area is 194 Å². The fraction of sp³-hybridized carbons (Fsp3) is 0.400. The molecule has 168 valence electrons. The Morgan fingerprint density at radius 3 is 2.44 bits per heavy atom. The molecule has 2 aromatic carbocycles. The topological polar surface area (TPSA) is 25.3 Å². The zero-order valence-electron chi connectivity index (χ0n) is 20.1. The quantitative estimate of drug-likeness (QED) is 0.184. The van der Waals surface area contributed by atoms with Gasteiger partial charge in [-0.25, -0.2) is 4.70 Å². The van der Waals surface area contributed by atoms with Crippen LogP contribution in [0, 0.1) is 0 Å². The summed E-state index contributed by atoms with van der Waals surface area (Å²) in [6.45, 7) is 6.62. The van der Waals surface area contributed by atoms with Crippen LogP contribution in [0.15, 0.2) is 72.3 Å². The lowest BCUT2D eigenvalue weighted by atomic mass is 9.98. The number of nitrogens with zero attached hydrogens (tertiary/aromatic N) is 2. The Hall–Kier alpha value is -2.74. The first-order valence-corrected chi connectivity index (χ1v) is 12.5. The SMILES string of the molecule is CCCC=CCCc1ccccc1C1=CC(CCCCC)=C(c2cccc(CC)c2)[N+]1=[N-]. The van der Waals surface area contributed by atoms with Gasteiger partial charge < -0.3 is 5.53 Å². The van der Waals surface area contributed by atoms with E-state index in [1.165, 1.54) is 40.7 Å². The minimum absolute atomic E-state index is 0.904. The van der Waals surface area contributed by atoms with Gasteiger partial charge in [0.2, 0.25) is 11.4 Å². The zero-order valence-corrected chi connectivity index (χ0v) is 20.1. The third-order valence-electron chi connectivity index (χ3n) is 6.21. The summed E-state index contributed by atoms with van der Waals surface area (Å²) < 4.78 is 1.45. The fourth-order valence-corrected chi connectivity index (χ4v) is 4.37. The third-order valence-corrected chi connectivity index (χ3v) is 6.21. The van der Waals surface area contributed by atoms with Crippen LogP contribution < -0.4 is 0 Å². The van der Waals surface area contributed by atoms with E-state index < -0.39 is 0 Å². The van der Waals surface area contributed by atoms with Crippen molar-refractivity contribution in [3.8, 4) is 0 Å². The van der Waals surface area contributed by atoms with E-state index in [2.05, 4.69) is 87.5 Å². The van der Waals surface area contributed by atoms with Crippen LogP contribution in [0.2, 0.25) is 0 Å². The number of allylic oxidation sites excluding steroid dienone is 4. The second-order valence-corrected chi connectivity index (χ2v) is 8.68. The summed E-state index contributed by atoms with van der Waals surface area (Å²) >= 11 is 0. The first kappa shape index (κ1) is 23.9. The molecule has 1 heterocycles. The number of hydrogen-bond acceptors (Lipinski definition) is 0. The minimum Gasteiger partial charge on any atom is -0.493 e. The van der Waals surface area contributed by atoms with E-state index in [0.717, 1.165) is 61.0 Å². The molecule has 3 rings (SSSR count). The maximum Gasteiger partial charge on any atom is 0.210 e. The predicted molar refractivity (Wildman–Crippen MR) is 137 cm³/mol. The van der Waals surface area contributed by atoms with Crippen LogP contribution in [0.1, 0.15) is 88.0 Å². The molecule has 0 aliphatic carbocycles. The number of aryl methyl sites for hydroxylation is 2. The molecular formula is C30H38N2. The molecule has 0 N–H and O–H groups in total. The highest BCUT2D eigenvalue weighted by molar-refractivity contribution is 5.79. The molecule has 0 spiro atoms. The van der Waals surface area contributed by atoms with E-state index in [4.69, 9.17) is 0 Å². The predicted octanol–water partition coefficient (Wildman–Crippen LogP) is 8.92. The van der Waals surface area contributed by atoms with Crippen LogP contribution in [0.5, 0.6) is 0 Å². The Bertz CT molecular complexity index is 1010. The van der Waals surface area contributed by atoms with E-state index in [1.54, 1.807) is 0 Å². The first-order valence-electron chi connectivity index (χ1n) is 12.5. The van der Waals surface area contributed by atoms with Crippen molar-refractivity contribution in [2.45, 2.75) is 78.6 Å². The van der Waals surface area contributed by atoms with Crippen LogP contribution in [0.4, 0.5) is 0 Å². The third kappa shape index (κ3) is 5.94. The summed E-state index contributed by atoms with van der Waals surface area (Å²) in [6, 6.07) is 17.1. The lowest BCUT2D eigenvalue weighted by Crippen LogP contribution is -2.04. The molecule has 2 nitrogen and oxygen atoms in total. The molecule has 1 aliphatic rings. The molecule has 1 aliphatic heterocycles. The summed E-state index contributed by atoms with van der Waals surface area (Å²) in [6.07, 6.45) is 16.6. The molecule has 0 radical (unpaired) electrons. The molecular weight excluding hydrogens is 388 g/mol. The minimum atomic E-state index is 0.904. The smallest absolute Gasteiger partial charge is 0.210 e. The molecule has 0 amide bonds. The molecule has 0 aromatic heterocycles. The van der Waals surface area contributed by atoms with Gasteiger partial charge >= 0.3 is 0 Å². The van der Waals surface area contributed by atoms with Gasteiger partial charge in [-0.3, -0.25) is 0 Å². The fourth-order valence-electron chi connectivity index (χ4n) is 4.37. The van der Waals surface area contributed by atoms with Crippen molar-refractivity contribution in [3.63, 3.8) is 0 Å². The Morgan fingerprint density at radius 1 is 0.844 bits per heavy atom. The van der Waals surface area contributed by atoms with Gasteiger partial charge in [0.25, 0.3) is 0 Å². The van der Waals surface area contributed by atoms with Crippen molar-refractivity contribution in [2.75, 3.05) is 0 Å². The summed E-state index contributed by atoms with van der Waals surface area (Å²) in [5.41, 5.74) is 19.3. The highest BCUT2D eigenvalue weighted by atomic mass is 15.2. The van der Waals surface area contributed by atoms with Crippen molar-refractivity contribution < 1.29 is 4.70 Å². The summed E-state index contributed by atoms with van der Waals surface area (Å²) in [5, 5.41) is 0. The Morgan fingerprint density at radius 2 is 1.66 bits per heavy atom. The van der Waals surface area contributed by atoms with E-state index in [-0.39, 0.29) is 0 Å². The maximum absolute atomic E-state index is 11.4. The first-order chi connectivity index (χ1) is 15.7. The van der Waals surface area contributed by atoms with Gasteiger partial charge in [-0.2, -0.15) is 0 Å². The van der Waals surface area contributed by atoms with Crippen molar-refractivity contribution >= 4 is 11.4 Å². The second-order valence-electron chi connectivity index (χ2n) is 8.68. The monoisotopic (exact) mass is 426 g/mol. The van der Waals surface area contributed by atoms with Crippen LogP contribution in [-0.4, -0.2) is 4.70 Å². The average molecular weight is 427 g/mol.